The minimum absolute atomic E-state index is 0.00256. The van der Waals surface area contributed by atoms with Gasteiger partial charge >= 0.3 is 0 Å². The van der Waals surface area contributed by atoms with Crippen LogP contribution in [0.1, 0.15) is 41.7 Å². The quantitative estimate of drug-likeness (QED) is 0.862. The molecular weight excluding hydrogens is 322 g/mol. The molecule has 1 aliphatic heterocycles. The maximum atomic E-state index is 12.7. The molecule has 0 saturated carbocycles. The van der Waals surface area contributed by atoms with Gasteiger partial charge in [0.15, 0.2) is 0 Å². The minimum Gasteiger partial charge on any atom is -0.369 e. The molecule has 2 aromatic carbocycles. The number of rotatable bonds is 6. The molecule has 1 atom stereocenters. The summed E-state index contributed by atoms with van der Waals surface area (Å²) in [4.78, 5) is 17.4. The van der Waals surface area contributed by atoms with Gasteiger partial charge in [-0.1, -0.05) is 43.7 Å². The number of hydrogen-bond donors (Lipinski definition) is 1. The molecule has 26 heavy (non-hydrogen) atoms. The topological polar surface area (TPSA) is 35.6 Å². The molecule has 4 nitrogen and oxygen atoms in total. The molecule has 1 heterocycles. The van der Waals surface area contributed by atoms with Crippen LogP contribution in [-0.4, -0.2) is 44.0 Å². The normalized spacial score (nSPS) is 16.3. The number of anilines is 1. The van der Waals surface area contributed by atoms with Crippen molar-refractivity contribution in [1.29, 1.82) is 0 Å². The molecule has 1 saturated heterocycles. The number of nitrogens with zero attached hydrogens (tertiary/aromatic N) is 2. The Labute approximate surface area is 156 Å². The minimum atomic E-state index is -0.00256. The molecule has 3 rings (SSSR count). The van der Waals surface area contributed by atoms with E-state index in [2.05, 4.69) is 53.4 Å². The summed E-state index contributed by atoms with van der Waals surface area (Å²) in [7, 11) is 2.16. The SMILES string of the molecule is CCC[C@H](NC(=O)c1ccc(N2CCN(C)CC2)cc1)c1ccccc1. The largest absolute Gasteiger partial charge is 0.369 e. The van der Waals surface area contributed by atoms with Gasteiger partial charge in [0.2, 0.25) is 0 Å². The lowest BCUT2D eigenvalue weighted by Crippen LogP contribution is -2.44. The first-order valence-corrected chi connectivity index (χ1v) is 9.56. The van der Waals surface area contributed by atoms with Gasteiger partial charge in [0, 0.05) is 37.4 Å². The molecule has 0 bridgehead atoms. The van der Waals surface area contributed by atoms with Crippen molar-refractivity contribution in [3.63, 3.8) is 0 Å². The summed E-state index contributed by atoms with van der Waals surface area (Å²) >= 11 is 0. The van der Waals surface area contributed by atoms with Gasteiger partial charge in [-0.2, -0.15) is 0 Å². The molecule has 0 unspecified atom stereocenters. The van der Waals surface area contributed by atoms with E-state index in [0.717, 1.165) is 50.1 Å². The van der Waals surface area contributed by atoms with Crippen LogP contribution in [0.3, 0.4) is 0 Å². The first-order valence-electron chi connectivity index (χ1n) is 9.56. The smallest absolute Gasteiger partial charge is 0.251 e. The van der Waals surface area contributed by atoms with Gasteiger partial charge < -0.3 is 15.1 Å². The van der Waals surface area contributed by atoms with Crippen LogP contribution in [-0.2, 0) is 0 Å². The molecule has 1 amide bonds. The number of nitrogens with one attached hydrogen (secondary N) is 1. The number of likely N-dealkylation sites (N-methyl/N-ethyl adjacent to an activating group) is 1. The van der Waals surface area contributed by atoms with E-state index in [1.807, 2.05) is 30.3 Å². The van der Waals surface area contributed by atoms with Crippen molar-refractivity contribution in [2.45, 2.75) is 25.8 Å². The van der Waals surface area contributed by atoms with E-state index in [4.69, 9.17) is 0 Å². The molecule has 1 fully saturated rings. The molecule has 0 radical (unpaired) electrons. The van der Waals surface area contributed by atoms with Crippen LogP contribution < -0.4 is 10.2 Å². The monoisotopic (exact) mass is 351 g/mol. The molecule has 138 valence electrons. The van der Waals surface area contributed by atoms with Crippen molar-refractivity contribution in [3.05, 3.63) is 65.7 Å². The Bertz CT molecular complexity index is 691. The fourth-order valence-corrected chi connectivity index (χ4v) is 3.43. The van der Waals surface area contributed by atoms with Crippen LogP contribution in [0.15, 0.2) is 54.6 Å². The summed E-state index contributed by atoms with van der Waals surface area (Å²) in [5.74, 6) is -0.00256. The third-order valence-electron chi connectivity index (χ3n) is 5.08. The summed E-state index contributed by atoms with van der Waals surface area (Å²) in [5.41, 5.74) is 3.08. The molecule has 0 aromatic heterocycles. The number of carbonyl (C=O) groups excluding carboxylic acids is 1. The van der Waals surface area contributed by atoms with Gasteiger partial charge in [0.25, 0.3) is 5.91 Å². The lowest BCUT2D eigenvalue weighted by Gasteiger charge is -2.34. The van der Waals surface area contributed by atoms with Crippen LogP contribution in [0.5, 0.6) is 0 Å². The third-order valence-corrected chi connectivity index (χ3v) is 5.08. The zero-order valence-corrected chi connectivity index (χ0v) is 15.8. The average molecular weight is 351 g/mol. The molecular formula is C22H29N3O. The van der Waals surface area contributed by atoms with Gasteiger partial charge in [-0.25, -0.2) is 0 Å². The van der Waals surface area contributed by atoms with Crippen molar-refractivity contribution in [1.82, 2.24) is 10.2 Å². The number of carbonyl (C=O) groups is 1. The third kappa shape index (κ3) is 4.64. The first kappa shape index (κ1) is 18.5. The van der Waals surface area contributed by atoms with E-state index in [1.165, 1.54) is 5.69 Å². The number of piperazine rings is 1. The Morgan fingerprint density at radius 1 is 1.00 bits per heavy atom. The Morgan fingerprint density at radius 2 is 1.65 bits per heavy atom. The number of amides is 1. The van der Waals surface area contributed by atoms with Crippen molar-refractivity contribution < 1.29 is 4.79 Å². The van der Waals surface area contributed by atoms with E-state index in [-0.39, 0.29) is 11.9 Å². The Balaban J connectivity index is 1.65. The van der Waals surface area contributed by atoms with Crippen LogP contribution in [0.25, 0.3) is 0 Å². The predicted molar refractivity (Wildman–Crippen MR) is 108 cm³/mol. The van der Waals surface area contributed by atoms with Crippen molar-refractivity contribution in [3.8, 4) is 0 Å². The zero-order chi connectivity index (χ0) is 18.4. The fourth-order valence-electron chi connectivity index (χ4n) is 3.43. The second-order valence-electron chi connectivity index (χ2n) is 7.06. The summed E-state index contributed by atoms with van der Waals surface area (Å²) < 4.78 is 0. The predicted octanol–water partition coefficient (Wildman–Crippen LogP) is 3.71. The van der Waals surface area contributed by atoms with E-state index in [0.29, 0.717) is 0 Å². The summed E-state index contributed by atoms with van der Waals surface area (Å²) in [6.45, 7) is 6.38. The summed E-state index contributed by atoms with van der Waals surface area (Å²) in [5, 5.41) is 3.20. The zero-order valence-electron chi connectivity index (χ0n) is 15.8. The molecule has 1 aliphatic rings. The van der Waals surface area contributed by atoms with Gasteiger partial charge in [0.05, 0.1) is 6.04 Å². The van der Waals surface area contributed by atoms with Crippen LogP contribution >= 0.6 is 0 Å². The van der Waals surface area contributed by atoms with Crippen molar-refractivity contribution in [2.24, 2.45) is 0 Å². The van der Waals surface area contributed by atoms with E-state index in [1.54, 1.807) is 0 Å². The Hall–Kier alpha value is -2.33. The standard InChI is InChI=1S/C22H29N3O/c1-3-7-21(18-8-5-4-6-9-18)23-22(26)19-10-12-20(13-11-19)25-16-14-24(2)15-17-25/h4-6,8-13,21H,3,7,14-17H2,1-2H3,(H,23,26)/t21-/m0/s1. The molecule has 0 aliphatic carbocycles. The molecule has 2 aromatic rings. The summed E-state index contributed by atoms with van der Waals surface area (Å²) in [6, 6.07) is 18.3. The molecule has 1 N–H and O–H groups in total. The lowest BCUT2D eigenvalue weighted by atomic mass is 10.0. The van der Waals surface area contributed by atoms with E-state index < -0.39 is 0 Å². The first-order chi connectivity index (χ1) is 12.7. The lowest BCUT2D eigenvalue weighted by molar-refractivity contribution is 0.0934. The van der Waals surface area contributed by atoms with Gasteiger partial charge in [-0.15, -0.1) is 0 Å². The highest BCUT2D eigenvalue weighted by Crippen LogP contribution is 2.20. The average Bonchev–Trinajstić information content (AvgIpc) is 2.69. The molecule has 0 spiro atoms. The maximum absolute atomic E-state index is 12.7. The fraction of sp³-hybridized carbons (Fsp3) is 0.409. The van der Waals surface area contributed by atoms with E-state index in [9.17, 15) is 4.79 Å². The van der Waals surface area contributed by atoms with Crippen LogP contribution in [0, 0.1) is 0 Å². The van der Waals surface area contributed by atoms with Crippen LogP contribution in [0.2, 0.25) is 0 Å². The summed E-state index contributed by atoms with van der Waals surface area (Å²) in [6.07, 6.45) is 1.97. The number of benzene rings is 2. The second-order valence-corrected chi connectivity index (χ2v) is 7.06. The number of hydrogen-bond acceptors (Lipinski definition) is 3. The van der Waals surface area contributed by atoms with Gasteiger partial charge in [-0.3, -0.25) is 4.79 Å². The Kier molecular flexibility index (Phi) is 6.29. The van der Waals surface area contributed by atoms with Crippen molar-refractivity contribution in [2.75, 3.05) is 38.1 Å². The Morgan fingerprint density at radius 3 is 2.27 bits per heavy atom. The van der Waals surface area contributed by atoms with E-state index >= 15 is 0 Å². The van der Waals surface area contributed by atoms with Gasteiger partial charge in [0.1, 0.15) is 0 Å². The molecule has 4 heteroatoms. The highest BCUT2D eigenvalue weighted by Gasteiger charge is 2.17. The highest BCUT2D eigenvalue weighted by molar-refractivity contribution is 5.94. The van der Waals surface area contributed by atoms with Crippen molar-refractivity contribution >= 4 is 11.6 Å². The highest BCUT2D eigenvalue weighted by atomic mass is 16.1. The maximum Gasteiger partial charge on any atom is 0.251 e. The van der Waals surface area contributed by atoms with Crippen LogP contribution in [0.4, 0.5) is 5.69 Å². The van der Waals surface area contributed by atoms with Gasteiger partial charge in [-0.05, 0) is 43.3 Å². The second kappa shape index (κ2) is 8.86.